The maximum absolute atomic E-state index is 11.9. The van der Waals surface area contributed by atoms with Crippen molar-refractivity contribution < 1.29 is 17.4 Å². The Morgan fingerprint density at radius 3 is 1.31 bits per heavy atom. The zero-order valence-corrected chi connectivity index (χ0v) is 11.0. The number of rotatable bonds is 2. The van der Waals surface area contributed by atoms with Gasteiger partial charge >= 0.3 is 23.1 Å². The van der Waals surface area contributed by atoms with E-state index in [0.29, 0.717) is 0 Å². The summed E-state index contributed by atoms with van der Waals surface area (Å²) in [6.07, 6.45) is 0. The van der Waals surface area contributed by atoms with Crippen LogP contribution in [-0.2, 0) is 0 Å². The average Bonchev–Trinajstić information content (AvgIpc) is 2.30. The van der Waals surface area contributed by atoms with Crippen LogP contribution in [0.3, 0.4) is 0 Å². The Labute approximate surface area is 119 Å². The molecule has 0 atom stereocenters. The fourth-order valence-electron chi connectivity index (χ4n) is 1.45. The van der Waals surface area contributed by atoms with Crippen LogP contribution in [0.4, 0.5) is 0 Å². The van der Waals surface area contributed by atoms with Gasteiger partial charge in [-0.25, -0.2) is 0 Å². The molecule has 0 unspecified atom stereocenters. The zero-order chi connectivity index (χ0) is 9.80. The number of halogens is 1. The third-order valence-electron chi connectivity index (χ3n) is 2.20. The first-order chi connectivity index (χ1) is 6.88. The average molecular weight is 241 g/mol. The Morgan fingerprint density at radius 1 is 0.688 bits per heavy atom. The third-order valence-corrected chi connectivity index (χ3v) is 2.20. The maximum atomic E-state index is 11.9. The summed E-state index contributed by atoms with van der Waals surface area (Å²) in [6.45, 7) is -0.766. The fourth-order valence-corrected chi connectivity index (χ4v) is 1.45. The number of benzene rings is 2. The molecule has 2 aromatic rings. The second kappa shape index (κ2) is 7.74. The molecule has 0 N–H and O–H groups in total. The summed E-state index contributed by atoms with van der Waals surface area (Å²) in [6, 6.07) is 18.9. The predicted octanol–water partition coefficient (Wildman–Crippen LogP) is -3.22. The molecule has 0 heterocycles. The molecule has 0 bridgehead atoms. The molecule has 0 saturated heterocycles. The molecule has 4 heteroatoms. The van der Waals surface area contributed by atoms with Crippen LogP contribution in [0.2, 0.25) is 0 Å². The van der Waals surface area contributed by atoms with E-state index in [1.165, 1.54) is 0 Å². The van der Waals surface area contributed by atoms with Gasteiger partial charge in [-0.2, -0.15) is 0 Å². The summed E-state index contributed by atoms with van der Waals surface area (Å²) in [5.74, 6) is 0. The van der Waals surface area contributed by atoms with Gasteiger partial charge in [0.25, 0.3) is 0 Å². The van der Waals surface area contributed by atoms with E-state index in [1.54, 1.807) is 0 Å². The third kappa shape index (κ3) is 3.83. The topological polar surface area (TPSA) is 23.1 Å². The van der Waals surface area contributed by atoms with Crippen LogP contribution in [0.15, 0.2) is 60.7 Å². The number of hydrogen-bond donors (Lipinski definition) is 0. The first-order valence-corrected chi connectivity index (χ1v) is 4.63. The van der Waals surface area contributed by atoms with Gasteiger partial charge in [-0.1, -0.05) is 71.6 Å². The second-order valence-electron chi connectivity index (χ2n) is 3.20. The van der Waals surface area contributed by atoms with Crippen molar-refractivity contribution in [3.63, 3.8) is 0 Å². The van der Waals surface area contributed by atoms with E-state index in [2.05, 4.69) is 0 Å². The summed E-state index contributed by atoms with van der Waals surface area (Å²) >= 11 is 0. The van der Waals surface area contributed by atoms with E-state index in [9.17, 15) is 5.02 Å². The van der Waals surface area contributed by atoms with Crippen LogP contribution in [0, 0.1) is 0 Å². The summed E-state index contributed by atoms with van der Waals surface area (Å²) in [7, 11) is 0. The van der Waals surface area contributed by atoms with E-state index in [1.807, 2.05) is 60.7 Å². The molecule has 0 aliphatic rings. The molecular formula is C12H10BClMgO. The minimum absolute atomic E-state index is 0. The van der Waals surface area contributed by atoms with Gasteiger partial charge in [0.1, 0.15) is 0 Å². The van der Waals surface area contributed by atoms with Gasteiger partial charge in [-0.05, 0) is 0 Å². The van der Waals surface area contributed by atoms with Gasteiger partial charge in [0.05, 0.1) is 6.92 Å². The summed E-state index contributed by atoms with van der Waals surface area (Å²) in [5, 5.41) is 11.9. The summed E-state index contributed by atoms with van der Waals surface area (Å²) < 4.78 is 0. The Hall–Kier alpha value is -0.479. The van der Waals surface area contributed by atoms with Crippen LogP contribution in [0.25, 0.3) is 0 Å². The van der Waals surface area contributed by atoms with Crippen LogP contribution in [0.1, 0.15) is 0 Å². The van der Waals surface area contributed by atoms with Crippen LogP contribution in [0.5, 0.6) is 0 Å². The van der Waals surface area contributed by atoms with Crippen molar-refractivity contribution >= 4 is 40.9 Å². The summed E-state index contributed by atoms with van der Waals surface area (Å²) in [5.41, 5.74) is 1.64. The maximum Gasteiger partial charge on any atom is 2.00 e. The van der Waals surface area contributed by atoms with Crippen LogP contribution >= 0.6 is 0 Å². The molecule has 76 valence electrons. The zero-order valence-electron chi connectivity index (χ0n) is 8.84. The molecule has 16 heavy (non-hydrogen) atoms. The van der Waals surface area contributed by atoms with Crippen molar-refractivity contribution in [1.82, 2.24) is 0 Å². The quantitative estimate of drug-likeness (QED) is 0.507. The van der Waals surface area contributed by atoms with Crippen molar-refractivity contribution in [2.75, 3.05) is 0 Å². The van der Waals surface area contributed by atoms with Crippen molar-refractivity contribution in [3.8, 4) is 0 Å². The molecule has 0 spiro atoms. The van der Waals surface area contributed by atoms with Crippen molar-refractivity contribution in [1.29, 1.82) is 0 Å². The van der Waals surface area contributed by atoms with Gasteiger partial charge in [0.2, 0.25) is 0 Å². The Bertz CT molecular complexity index is 357. The molecule has 0 aromatic heterocycles. The molecule has 2 aromatic carbocycles. The van der Waals surface area contributed by atoms with Gasteiger partial charge in [0.15, 0.2) is 0 Å². The monoisotopic (exact) mass is 240 g/mol. The number of hydrogen-bond acceptors (Lipinski definition) is 1. The van der Waals surface area contributed by atoms with Gasteiger partial charge in [-0.15, -0.1) is 0 Å². The van der Waals surface area contributed by atoms with E-state index >= 15 is 0 Å². The predicted molar refractivity (Wildman–Crippen MR) is 63.7 cm³/mol. The SMILES string of the molecule is [Cl-].[Mg+2].[O-]B(c1ccccc1)c1ccccc1. The van der Waals surface area contributed by atoms with Crippen LogP contribution < -0.4 is 28.4 Å². The normalized spacial score (nSPS) is 8.56. The molecule has 0 radical (unpaired) electrons. The first-order valence-electron chi connectivity index (χ1n) is 4.63. The molecule has 0 aliphatic heterocycles. The largest absolute Gasteiger partial charge is 2.00 e. The van der Waals surface area contributed by atoms with Crippen molar-refractivity contribution in [2.24, 2.45) is 0 Å². The molecule has 0 saturated carbocycles. The van der Waals surface area contributed by atoms with Gasteiger partial charge in [0, 0.05) is 0 Å². The minimum atomic E-state index is -0.766. The molecule has 0 aliphatic carbocycles. The minimum Gasteiger partial charge on any atom is -1.00 e. The molecule has 0 fully saturated rings. The molecule has 0 amide bonds. The van der Waals surface area contributed by atoms with E-state index in [0.717, 1.165) is 10.9 Å². The van der Waals surface area contributed by atoms with Gasteiger partial charge < -0.3 is 17.4 Å². The first kappa shape index (κ1) is 15.5. The Kier molecular flexibility index (Phi) is 7.51. The molecule has 1 nitrogen and oxygen atoms in total. The van der Waals surface area contributed by atoms with Crippen molar-refractivity contribution in [2.45, 2.75) is 0 Å². The molecular weight excluding hydrogens is 231 g/mol. The Balaban J connectivity index is 0.00000112. The Morgan fingerprint density at radius 2 is 1.00 bits per heavy atom. The van der Waals surface area contributed by atoms with E-state index in [4.69, 9.17) is 0 Å². The standard InChI is InChI=1S/C12H10BO.ClH.Mg/c14-13(11-7-3-1-4-8-11)12-9-5-2-6-10-12;;/h1-10H;1H;/q-1;;+2/p-1. The van der Waals surface area contributed by atoms with E-state index < -0.39 is 6.92 Å². The fraction of sp³-hybridized carbons (Fsp3) is 0. The van der Waals surface area contributed by atoms with Crippen LogP contribution in [-0.4, -0.2) is 30.0 Å². The molecule has 2 rings (SSSR count). The summed E-state index contributed by atoms with van der Waals surface area (Å²) in [4.78, 5) is 0. The van der Waals surface area contributed by atoms with Gasteiger partial charge in [-0.3, -0.25) is 0 Å². The smallest absolute Gasteiger partial charge is 1.00 e. The second-order valence-corrected chi connectivity index (χ2v) is 3.20. The van der Waals surface area contributed by atoms with Crippen molar-refractivity contribution in [3.05, 3.63) is 60.7 Å². The van der Waals surface area contributed by atoms with E-state index in [-0.39, 0.29) is 35.5 Å².